The van der Waals surface area contributed by atoms with Gasteiger partial charge in [0.1, 0.15) is 5.82 Å². The Hall–Kier alpha value is -1.62. The summed E-state index contributed by atoms with van der Waals surface area (Å²) in [7, 11) is 0. The van der Waals surface area contributed by atoms with E-state index in [1.54, 1.807) is 13.8 Å². The smallest absolute Gasteiger partial charge is 0.307 e. The van der Waals surface area contributed by atoms with Gasteiger partial charge in [-0.25, -0.2) is 4.39 Å². The Labute approximate surface area is 114 Å². The Morgan fingerprint density at radius 1 is 1.37 bits per heavy atom. The average Bonchev–Trinajstić information content (AvgIpc) is 2.86. The van der Waals surface area contributed by atoms with Gasteiger partial charge >= 0.3 is 5.97 Å². The van der Waals surface area contributed by atoms with Crippen LogP contribution in [-0.4, -0.2) is 17.0 Å². The standard InChI is InChI=1S/C13H13ClFNO3/c1-13(2)9(10(13)12(18)19)11(17)16-8-4-3-6(14)5-7(8)15/h3-5,9-10H,1-2H3,(H,16,17)(H,18,19)/t9-,10+/m1/s1. The maximum absolute atomic E-state index is 13.5. The van der Waals surface area contributed by atoms with E-state index in [0.717, 1.165) is 6.07 Å². The van der Waals surface area contributed by atoms with Crippen LogP contribution in [0.3, 0.4) is 0 Å². The maximum Gasteiger partial charge on any atom is 0.307 e. The van der Waals surface area contributed by atoms with Crippen molar-refractivity contribution in [3.8, 4) is 0 Å². The highest BCUT2D eigenvalue weighted by Gasteiger charge is 2.65. The van der Waals surface area contributed by atoms with Gasteiger partial charge in [-0.1, -0.05) is 25.4 Å². The number of amides is 1. The number of rotatable bonds is 3. The quantitative estimate of drug-likeness (QED) is 0.897. The zero-order valence-corrected chi connectivity index (χ0v) is 11.2. The second-order valence-electron chi connectivity index (χ2n) is 5.23. The number of carbonyl (C=O) groups is 2. The van der Waals surface area contributed by atoms with Crippen molar-refractivity contribution in [1.82, 2.24) is 0 Å². The van der Waals surface area contributed by atoms with Crippen LogP contribution in [0.25, 0.3) is 0 Å². The zero-order valence-electron chi connectivity index (χ0n) is 10.4. The lowest BCUT2D eigenvalue weighted by atomic mass is 10.1. The fourth-order valence-electron chi connectivity index (χ4n) is 2.39. The molecule has 0 bridgehead atoms. The Morgan fingerprint density at radius 2 is 2.00 bits per heavy atom. The van der Waals surface area contributed by atoms with E-state index in [9.17, 15) is 14.0 Å². The van der Waals surface area contributed by atoms with E-state index < -0.39 is 34.9 Å². The van der Waals surface area contributed by atoms with Gasteiger partial charge < -0.3 is 10.4 Å². The minimum Gasteiger partial charge on any atom is -0.481 e. The van der Waals surface area contributed by atoms with Crippen molar-refractivity contribution >= 4 is 29.2 Å². The van der Waals surface area contributed by atoms with Crippen molar-refractivity contribution in [1.29, 1.82) is 0 Å². The molecule has 0 saturated heterocycles. The van der Waals surface area contributed by atoms with Crippen LogP contribution in [0.1, 0.15) is 13.8 Å². The summed E-state index contributed by atoms with van der Waals surface area (Å²) < 4.78 is 13.5. The van der Waals surface area contributed by atoms with E-state index in [4.69, 9.17) is 16.7 Å². The van der Waals surface area contributed by atoms with Crippen molar-refractivity contribution in [2.24, 2.45) is 17.3 Å². The molecule has 1 aromatic carbocycles. The summed E-state index contributed by atoms with van der Waals surface area (Å²) in [6, 6.07) is 3.89. The second kappa shape index (κ2) is 4.49. The first-order chi connectivity index (χ1) is 8.75. The van der Waals surface area contributed by atoms with Gasteiger partial charge in [-0.05, 0) is 23.6 Å². The van der Waals surface area contributed by atoms with Crippen LogP contribution in [0.2, 0.25) is 5.02 Å². The molecule has 19 heavy (non-hydrogen) atoms. The molecule has 2 rings (SSSR count). The molecule has 0 spiro atoms. The van der Waals surface area contributed by atoms with Crippen molar-refractivity contribution in [2.75, 3.05) is 5.32 Å². The molecule has 0 aromatic heterocycles. The second-order valence-corrected chi connectivity index (χ2v) is 5.66. The van der Waals surface area contributed by atoms with Crippen LogP contribution in [0.5, 0.6) is 0 Å². The number of halogens is 2. The predicted octanol–water partition coefficient (Wildman–Crippen LogP) is 2.77. The summed E-state index contributed by atoms with van der Waals surface area (Å²) in [5, 5.41) is 11.6. The molecular formula is C13H13ClFNO3. The van der Waals surface area contributed by atoms with E-state index in [0.29, 0.717) is 0 Å². The summed E-state index contributed by atoms with van der Waals surface area (Å²) >= 11 is 5.61. The molecule has 2 atom stereocenters. The van der Waals surface area contributed by atoms with Gasteiger partial charge in [0.25, 0.3) is 0 Å². The van der Waals surface area contributed by atoms with Gasteiger partial charge in [0.05, 0.1) is 17.5 Å². The Bertz CT molecular complexity index is 559. The molecular weight excluding hydrogens is 273 g/mol. The van der Waals surface area contributed by atoms with E-state index >= 15 is 0 Å². The van der Waals surface area contributed by atoms with Crippen LogP contribution < -0.4 is 5.32 Å². The van der Waals surface area contributed by atoms with Gasteiger partial charge in [0.2, 0.25) is 5.91 Å². The largest absolute Gasteiger partial charge is 0.481 e. The van der Waals surface area contributed by atoms with Gasteiger partial charge in [0.15, 0.2) is 0 Å². The zero-order chi connectivity index (χ0) is 14.4. The minimum atomic E-state index is -1.01. The van der Waals surface area contributed by atoms with Crippen molar-refractivity contribution in [3.05, 3.63) is 29.0 Å². The van der Waals surface area contributed by atoms with E-state index in [1.807, 2.05) is 0 Å². The molecule has 1 aromatic rings. The number of benzene rings is 1. The van der Waals surface area contributed by atoms with Crippen LogP contribution in [0, 0.1) is 23.1 Å². The number of carboxylic acid groups (broad SMARTS) is 1. The molecule has 1 aliphatic carbocycles. The predicted molar refractivity (Wildman–Crippen MR) is 68.4 cm³/mol. The average molecular weight is 286 g/mol. The third-order valence-electron chi connectivity index (χ3n) is 3.56. The van der Waals surface area contributed by atoms with E-state index in [1.165, 1.54) is 12.1 Å². The fourth-order valence-corrected chi connectivity index (χ4v) is 2.55. The number of hydrogen-bond acceptors (Lipinski definition) is 2. The summed E-state index contributed by atoms with van der Waals surface area (Å²) in [6.45, 7) is 3.41. The van der Waals surface area contributed by atoms with Crippen LogP contribution in [0.4, 0.5) is 10.1 Å². The maximum atomic E-state index is 13.5. The van der Waals surface area contributed by atoms with Crippen molar-refractivity contribution in [2.45, 2.75) is 13.8 Å². The molecule has 1 amide bonds. The lowest BCUT2D eigenvalue weighted by Gasteiger charge is -2.07. The highest BCUT2D eigenvalue weighted by atomic mass is 35.5. The lowest BCUT2D eigenvalue weighted by Crippen LogP contribution is -2.18. The molecule has 1 fully saturated rings. The number of nitrogens with one attached hydrogen (secondary N) is 1. The number of carbonyl (C=O) groups excluding carboxylic acids is 1. The first-order valence-electron chi connectivity index (χ1n) is 5.74. The molecule has 0 heterocycles. The van der Waals surface area contributed by atoms with Gasteiger partial charge in [-0.3, -0.25) is 9.59 Å². The number of hydrogen-bond donors (Lipinski definition) is 2. The molecule has 6 heteroatoms. The van der Waals surface area contributed by atoms with Crippen LogP contribution in [-0.2, 0) is 9.59 Å². The van der Waals surface area contributed by atoms with Gasteiger partial charge in [0, 0.05) is 5.02 Å². The SMILES string of the molecule is CC1(C)[C@H](C(=O)O)[C@@H]1C(=O)Nc1ccc(Cl)cc1F. The normalized spacial score (nSPS) is 23.8. The first-order valence-corrected chi connectivity index (χ1v) is 6.11. The summed E-state index contributed by atoms with van der Waals surface area (Å²) in [6.07, 6.45) is 0. The molecule has 1 aliphatic rings. The molecule has 0 radical (unpaired) electrons. The molecule has 2 N–H and O–H groups in total. The van der Waals surface area contributed by atoms with Crippen LogP contribution >= 0.6 is 11.6 Å². The molecule has 1 saturated carbocycles. The van der Waals surface area contributed by atoms with Gasteiger partial charge in [-0.15, -0.1) is 0 Å². The van der Waals surface area contributed by atoms with E-state index in [-0.39, 0.29) is 10.7 Å². The Balaban J connectivity index is 2.13. The van der Waals surface area contributed by atoms with Crippen LogP contribution in [0.15, 0.2) is 18.2 Å². The van der Waals surface area contributed by atoms with E-state index in [2.05, 4.69) is 5.32 Å². The first kappa shape index (κ1) is 13.8. The van der Waals surface area contributed by atoms with Gasteiger partial charge in [-0.2, -0.15) is 0 Å². The third-order valence-corrected chi connectivity index (χ3v) is 3.80. The number of aliphatic carboxylic acids is 1. The summed E-state index contributed by atoms with van der Waals surface area (Å²) in [5.41, 5.74) is -0.611. The highest BCUT2D eigenvalue weighted by Crippen LogP contribution is 2.58. The van der Waals surface area contributed by atoms with Crippen molar-refractivity contribution in [3.63, 3.8) is 0 Å². The lowest BCUT2D eigenvalue weighted by molar-refractivity contribution is -0.140. The Morgan fingerprint density at radius 3 is 2.47 bits per heavy atom. The molecule has 0 aliphatic heterocycles. The molecule has 4 nitrogen and oxygen atoms in total. The molecule has 102 valence electrons. The number of anilines is 1. The fraction of sp³-hybridized carbons (Fsp3) is 0.385. The Kier molecular flexibility index (Phi) is 3.26. The van der Waals surface area contributed by atoms with Crippen molar-refractivity contribution < 1.29 is 19.1 Å². The topological polar surface area (TPSA) is 66.4 Å². The highest BCUT2D eigenvalue weighted by molar-refractivity contribution is 6.30. The monoisotopic (exact) mass is 285 g/mol. The molecule has 0 unspecified atom stereocenters. The minimum absolute atomic E-state index is 0.00115. The summed E-state index contributed by atoms with van der Waals surface area (Å²) in [5.74, 6) is -3.53. The number of carboxylic acids is 1. The third kappa shape index (κ3) is 2.42. The summed E-state index contributed by atoms with van der Waals surface area (Å²) in [4.78, 5) is 23.0.